The molecule has 0 fully saturated rings. The molecule has 3 rings (SSSR count). The number of fused-ring (bicyclic) bond motifs is 1. The lowest BCUT2D eigenvalue weighted by molar-refractivity contribution is -0.118. The molecule has 2 aromatic rings. The van der Waals surface area contributed by atoms with Gasteiger partial charge in [0, 0.05) is 11.6 Å². The molecule has 27 heavy (non-hydrogen) atoms. The molecule has 1 aromatic heterocycles. The number of hydrogen-bond acceptors (Lipinski definition) is 5. The van der Waals surface area contributed by atoms with Crippen LogP contribution in [0, 0.1) is 0 Å². The van der Waals surface area contributed by atoms with Crippen molar-refractivity contribution in [2.24, 2.45) is 0 Å². The summed E-state index contributed by atoms with van der Waals surface area (Å²) in [6.45, 7) is 4.26. The van der Waals surface area contributed by atoms with Gasteiger partial charge in [0.1, 0.15) is 11.8 Å². The van der Waals surface area contributed by atoms with Crippen molar-refractivity contribution in [2.75, 3.05) is 5.32 Å². The number of anilines is 1. The SMILES string of the molecule is CC[C@@H](NC(=O)O)C(=O)Nc1ccc(Oc2cccc3c2C(C)OC3)nc1. The maximum Gasteiger partial charge on any atom is 0.405 e. The predicted octanol–water partition coefficient (Wildman–Crippen LogP) is 3.45. The third kappa shape index (κ3) is 4.35. The number of amides is 2. The highest BCUT2D eigenvalue weighted by molar-refractivity contribution is 5.96. The number of carbonyl (C=O) groups is 2. The Hall–Kier alpha value is -3.13. The zero-order valence-electron chi connectivity index (χ0n) is 15.1. The summed E-state index contributed by atoms with van der Waals surface area (Å²) in [5, 5.41) is 13.6. The van der Waals surface area contributed by atoms with Gasteiger partial charge in [0.2, 0.25) is 11.8 Å². The molecule has 1 aliphatic heterocycles. The highest BCUT2D eigenvalue weighted by Crippen LogP contribution is 2.38. The highest BCUT2D eigenvalue weighted by atomic mass is 16.5. The van der Waals surface area contributed by atoms with E-state index in [1.807, 2.05) is 25.1 Å². The van der Waals surface area contributed by atoms with Crippen LogP contribution in [-0.4, -0.2) is 28.1 Å². The fourth-order valence-corrected chi connectivity index (χ4v) is 2.92. The largest absolute Gasteiger partial charge is 0.465 e. The van der Waals surface area contributed by atoms with E-state index >= 15 is 0 Å². The zero-order chi connectivity index (χ0) is 19.4. The molecule has 8 heteroatoms. The topological polar surface area (TPSA) is 110 Å². The summed E-state index contributed by atoms with van der Waals surface area (Å²) in [6.07, 6.45) is 0.519. The Bertz CT molecular complexity index is 838. The second-order valence-corrected chi connectivity index (χ2v) is 6.17. The number of carbonyl (C=O) groups excluding carboxylic acids is 1. The van der Waals surface area contributed by atoms with Gasteiger partial charge in [0.05, 0.1) is 24.6 Å². The van der Waals surface area contributed by atoms with Crippen molar-refractivity contribution >= 4 is 17.7 Å². The lowest BCUT2D eigenvalue weighted by Gasteiger charge is -2.15. The Morgan fingerprint density at radius 1 is 1.37 bits per heavy atom. The van der Waals surface area contributed by atoms with Gasteiger partial charge in [-0.15, -0.1) is 0 Å². The van der Waals surface area contributed by atoms with Gasteiger partial charge in [0.15, 0.2) is 0 Å². The van der Waals surface area contributed by atoms with E-state index < -0.39 is 18.0 Å². The number of hydrogen-bond donors (Lipinski definition) is 3. The van der Waals surface area contributed by atoms with Gasteiger partial charge in [-0.05, 0) is 31.0 Å². The molecule has 1 aromatic carbocycles. The summed E-state index contributed by atoms with van der Waals surface area (Å²) in [4.78, 5) is 27.0. The normalized spacial score (nSPS) is 16.3. The van der Waals surface area contributed by atoms with Gasteiger partial charge >= 0.3 is 6.09 Å². The Kier molecular flexibility index (Phi) is 5.56. The smallest absolute Gasteiger partial charge is 0.405 e. The van der Waals surface area contributed by atoms with E-state index in [0.29, 0.717) is 30.3 Å². The number of pyridine rings is 1. The second-order valence-electron chi connectivity index (χ2n) is 6.17. The summed E-state index contributed by atoms with van der Waals surface area (Å²) < 4.78 is 11.5. The van der Waals surface area contributed by atoms with Crippen LogP contribution in [0.1, 0.15) is 37.5 Å². The lowest BCUT2D eigenvalue weighted by Crippen LogP contribution is -2.42. The average Bonchev–Trinajstić information content (AvgIpc) is 3.03. The van der Waals surface area contributed by atoms with Gasteiger partial charge in [-0.25, -0.2) is 9.78 Å². The number of aromatic nitrogens is 1. The second kappa shape index (κ2) is 8.05. The highest BCUT2D eigenvalue weighted by Gasteiger charge is 2.24. The van der Waals surface area contributed by atoms with Crippen molar-refractivity contribution in [1.82, 2.24) is 10.3 Å². The summed E-state index contributed by atoms with van der Waals surface area (Å²) in [5.74, 6) is 0.636. The van der Waals surface area contributed by atoms with E-state index in [-0.39, 0.29) is 6.10 Å². The van der Waals surface area contributed by atoms with Crippen LogP contribution in [0.15, 0.2) is 36.5 Å². The molecule has 8 nitrogen and oxygen atoms in total. The number of rotatable bonds is 6. The van der Waals surface area contributed by atoms with E-state index in [0.717, 1.165) is 11.1 Å². The monoisotopic (exact) mass is 371 g/mol. The lowest BCUT2D eigenvalue weighted by atomic mass is 10.1. The molecular formula is C19H21N3O5. The molecule has 0 aliphatic carbocycles. The third-order valence-electron chi connectivity index (χ3n) is 4.29. The van der Waals surface area contributed by atoms with Crippen LogP contribution in [0.3, 0.4) is 0 Å². The standard InChI is InChI=1S/C19H21N3O5/c1-3-14(22-19(24)25)18(23)21-13-7-8-16(20-9-13)27-15-6-4-5-12-10-26-11(2)17(12)15/h4-9,11,14,22H,3,10H2,1-2H3,(H,21,23)(H,24,25)/t11?,14-/m1/s1. The van der Waals surface area contributed by atoms with Crippen LogP contribution in [0.5, 0.6) is 11.6 Å². The third-order valence-corrected chi connectivity index (χ3v) is 4.29. The number of benzene rings is 1. The van der Waals surface area contributed by atoms with Gasteiger partial charge < -0.3 is 25.2 Å². The molecule has 2 amide bonds. The van der Waals surface area contributed by atoms with Crippen molar-refractivity contribution < 1.29 is 24.2 Å². The first kappa shape index (κ1) is 18.7. The van der Waals surface area contributed by atoms with Crippen molar-refractivity contribution in [2.45, 2.75) is 39.0 Å². The van der Waals surface area contributed by atoms with E-state index in [1.54, 1.807) is 19.1 Å². The summed E-state index contributed by atoms with van der Waals surface area (Å²) >= 11 is 0. The summed E-state index contributed by atoms with van der Waals surface area (Å²) in [5.41, 5.74) is 2.57. The first-order valence-corrected chi connectivity index (χ1v) is 8.65. The zero-order valence-corrected chi connectivity index (χ0v) is 15.1. The predicted molar refractivity (Wildman–Crippen MR) is 97.8 cm³/mol. The van der Waals surface area contributed by atoms with Gasteiger partial charge in [-0.1, -0.05) is 19.1 Å². The van der Waals surface area contributed by atoms with Crippen LogP contribution >= 0.6 is 0 Å². The van der Waals surface area contributed by atoms with Crippen molar-refractivity contribution in [3.63, 3.8) is 0 Å². The molecule has 0 bridgehead atoms. The van der Waals surface area contributed by atoms with Crippen LogP contribution < -0.4 is 15.4 Å². The summed E-state index contributed by atoms with van der Waals surface area (Å²) in [7, 11) is 0. The first-order chi connectivity index (χ1) is 13.0. The quantitative estimate of drug-likeness (QED) is 0.717. The molecule has 3 N–H and O–H groups in total. The van der Waals surface area contributed by atoms with E-state index in [1.165, 1.54) is 6.20 Å². The Morgan fingerprint density at radius 3 is 2.85 bits per heavy atom. The molecule has 0 spiro atoms. The number of nitrogens with zero attached hydrogens (tertiary/aromatic N) is 1. The number of nitrogens with one attached hydrogen (secondary N) is 2. The molecule has 0 saturated heterocycles. The fourth-order valence-electron chi connectivity index (χ4n) is 2.92. The maximum absolute atomic E-state index is 12.1. The minimum Gasteiger partial charge on any atom is -0.465 e. The summed E-state index contributed by atoms with van der Waals surface area (Å²) in [6, 6.07) is 8.24. The van der Waals surface area contributed by atoms with Crippen LogP contribution in [0.4, 0.5) is 10.5 Å². The van der Waals surface area contributed by atoms with Crippen molar-refractivity contribution in [1.29, 1.82) is 0 Å². The van der Waals surface area contributed by atoms with Crippen LogP contribution in [0.2, 0.25) is 0 Å². The Balaban J connectivity index is 1.67. The van der Waals surface area contributed by atoms with E-state index in [9.17, 15) is 9.59 Å². The van der Waals surface area contributed by atoms with Crippen LogP contribution in [-0.2, 0) is 16.1 Å². The minimum absolute atomic E-state index is 0.0394. The van der Waals surface area contributed by atoms with Crippen LogP contribution in [0.25, 0.3) is 0 Å². The van der Waals surface area contributed by atoms with E-state index in [4.69, 9.17) is 14.6 Å². The maximum atomic E-state index is 12.1. The van der Waals surface area contributed by atoms with E-state index in [2.05, 4.69) is 15.6 Å². The minimum atomic E-state index is -1.24. The molecule has 1 unspecified atom stereocenters. The Labute approximate surface area is 156 Å². The van der Waals surface area contributed by atoms with Gasteiger partial charge in [-0.3, -0.25) is 4.79 Å². The molecule has 0 radical (unpaired) electrons. The number of ether oxygens (including phenoxy) is 2. The number of carboxylic acid groups (broad SMARTS) is 1. The van der Waals surface area contributed by atoms with Gasteiger partial charge in [-0.2, -0.15) is 0 Å². The molecule has 0 saturated carbocycles. The molecule has 2 heterocycles. The molecular weight excluding hydrogens is 350 g/mol. The van der Waals surface area contributed by atoms with Crippen molar-refractivity contribution in [3.8, 4) is 11.6 Å². The Morgan fingerprint density at radius 2 is 2.19 bits per heavy atom. The van der Waals surface area contributed by atoms with Crippen molar-refractivity contribution in [3.05, 3.63) is 47.7 Å². The van der Waals surface area contributed by atoms with Gasteiger partial charge in [0.25, 0.3) is 0 Å². The molecule has 142 valence electrons. The average molecular weight is 371 g/mol. The molecule has 2 atom stereocenters. The fraction of sp³-hybridized carbons (Fsp3) is 0.316. The first-order valence-electron chi connectivity index (χ1n) is 8.65. The molecule has 1 aliphatic rings.